The minimum atomic E-state index is 0.336. The van der Waals surface area contributed by atoms with Gasteiger partial charge in [0, 0.05) is 19.1 Å². The van der Waals surface area contributed by atoms with Gasteiger partial charge in [0.1, 0.15) is 0 Å². The van der Waals surface area contributed by atoms with Gasteiger partial charge in [0.15, 0.2) is 5.82 Å². The third kappa shape index (κ3) is 1.53. The standard InChI is InChI=1S/C10H13ClN4/c11-10-13-6-8-9(14-10)15-5-1-2-7(15)3-4-12-8/h6-7,12H,1-5H2/t7-/m1/s1. The van der Waals surface area contributed by atoms with Gasteiger partial charge in [0.2, 0.25) is 5.28 Å². The van der Waals surface area contributed by atoms with Crippen LogP contribution in [0.4, 0.5) is 11.5 Å². The normalized spacial score (nSPS) is 24.1. The number of aromatic nitrogens is 2. The smallest absolute Gasteiger partial charge is 0.224 e. The average Bonchev–Trinajstić information content (AvgIpc) is 2.62. The summed E-state index contributed by atoms with van der Waals surface area (Å²) in [6, 6.07) is 0.629. The first-order valence-electron chi connectivity index (χ1n) is 5.37. The summed E-state index contributed by atoms with van der Waals surface area (Å²) in [7, 11) is 0. The molecule has 0 aliphatic carbocycles. The fraction of sp³-hybridized carbons (Fsp3) is 0.600. The van der Waals surface area contributed by atoms with Gasteiger partial charge in [-0.1, -0.05) is 0 Å². The summed E-state index contributed by atoms with van der Waals surface area (Å²) in [6.45, 7) is 2.09. The van der Waals surface area contributed by atoms with E-state index in [1.807, 2.05) is 0 Å². The summed E-state index contributed by atoms with van der Waals surface area (Å²) >= 11 is 5.84. The first-order chi connectivity index (χ1) is 7.34. The van der Waals surface area contributed by atoms with Gasteiger partial charge in [-0.15, -0.1) is 0 Å². The summed E-state index contributed by atoms with van der Waals surface area (Å²) in [5.41, 5.74) is 1.02. The zero-order valence-corrected chi connectivity index (χ0v) is 9.17. The number of hydrogen-bond acceptors (Lipinski definition) is 4. The number of nitrogens with one attached hydrogen (secondary N) is 1. The molecule has 1 atom stereocenters. The van der Waals surface area contributed by atoms with Crippen molar-refractivity contribution in [2.45, 2.75) is 25.3 Å². The third-order valence-corrected chi connectivity index (χ3v) is 3.36. The molecule has 0 spiro atoms. The fourth-order valence-electron chi connectivity index (χ4n) is 2.48. The van der Waals surface area contributed by atoms with Crippen molar-refractivity contribution in [2.24, 2.45) is 0 Å². The molecule has 0 unspecified atom stereocenters. The fourth-order valence-corrected chi connectivity index (χ4v) is 2.61. The molecule has 80 valence electrons. The Labute approximate surface area is 93.7 Å². The monoisotopic (exact) mass is 224 g/mol. The molecule has 1 N–H and O–H groups in total. The second-order valence-corrected chi connectivity index (χ2v) is 4.42. The van der Waals surface area contributed by atoms with Crippen molar-refractivity contribution in [3.8, 4) is 0 Å². The molecule has 5 heteroatoms. The van der Waals surface area contributed by atoms with E-state index in [4.69, 9.17) is 11.6 Å². The molecule has 2 aliphatic rings. The van der Waals surface area contributed by atoms with Gasteiger partial charge < -0.3 is 10.2 Å². The minimum absolute atomic E-state index is 0.336. The Hall–Kier alpha value is -1.03. The Kier molecular flexibility index (Phi) is 2.16. The highest BCUT2D eigenvalue weighted by Gasteiger charge is 2.29. The molecule has 3 rings (SSSR count). The molecule has 0 radical (unpaired) electrons. The van der Waals surface area contributed by atoms with Gasteiger partial charge in [-0.25, -0.2) is 4.98 Å². The molecule has 0 aromatic carbocycles. The number of nitrogens with zero attached hydrogens (tertiary/aromatic N) is 3. The molecule has 4 nitrogen and oxygen atoms in total. The van der Waals surface area contributed by atoms with Crippen molar-refractivity contribution in [2.75, 3.05) is 23.3 Å². The van der Waals surface area contributed by atoms with Crippen LogP contribution in [0.5, 0.6) is 0 Å². The summed E-state index contributed by atoms with van der Waals surface area (Å²) in [5, 5.41) is 3.69. The number of anilines is 2. The van der Waals surface area contributed by atoms with E-state index in [-0.39, 0.29) is 0 Å². The molecule has 0 saturated carbocycles. The van der Waals surface area contributed by atoms with Crippen LogP contribution >= 0.6 is 11.6 Å². The number of hydrogen-bond donors (Lipinski definition) is 1. The topological polar surface area (TPSA) is 41.1 Å². The van der Waals surface area contributed by atoms with Crippen molar-refractivity contribution in [1.82, 2.24) is 9.97 Å². The Morgan fingerprint density at radius 3 is 3.33 bits per heavy atom. The number of halogens is 1. The number of fused-ring (bicyclic) bond motifs is 3. The van der Waals surface area contributed by atoms with Crippen molar-refractivity contribution in [3.05, 3.63) is 11.5 Å². The van der Waals surface area contributed by atoms with Crippen molar-refractivity contribution < 1.29 is 0 Å². The Morgan fingerprint density at radius 2 is 2.40 bits per heavy atom. The average molecular weight is 225 g/mol. The maximum atomic E-state index is 5.84. The van der Waals surface area contributed by atoms with Crippen LogP contribution in [0, 0.1) is 0 Å². The van der Waals surface area contributed by atoms with Crippen LogP contribution in [-0.4, -0.2) is 29.1 Å². The summed E-state index contributed by atoms with van der Waals surface area (Å²) < 4.78 is 0. The lowest BCUT2D eigenvalue weighted by Crippen LogP contribution is -2.29. The van der Waals surface area contributed by atoms with Gasteiger partial charge in [-0.2, -0.15) is 4.98 Å². The molecule has 1 aromatic heterocycles. The minimum Gasteiger partial charge on any atom is -0.381 e. The van der Waals surface area contributed by atoms with Gasteiger partial charge in [0.25, 0.3) is 0 Å². The van der Waals surface area contributed by atoms with Crippen LogP contribution in [0.1, 0.15) is 19.3 Å². The molecule has 2 aliphatic heterocycles. The Morgan fingerprint density at radius 1 is 1.47 bits per heavy atom. The van der Waals surface area contributed by atoms with Gasteiger partial charge in [0.05, 0.1) is 11.9 Å². The lowest BCUT2D eigenvalue weighted by atomic mass is 10.1. The van der Waals surface area contributed by atoms with E-state index in [1.165, 1.54) is 19.3 Å². The van der Waals surface area contributed by atoms with E-state index in [2.05, 4.69) is 20.2 Å². The Bertz CT molecular complexity index is 382. The van der Waals surface area contributed by atoms with Crippen LogP contribution in [0.3, 0.4) is 0 Å². The first kappa shape index (κ1) is 9.21. The van der Waals surface area contributed by atoms with Gasteiger partial charge in [-0.3, -0.25) is 0 Å². The van der Waals surface area contributed by atoms with E-state index in [0.717, 1.165) is 24.6 Å². The van der Waals surface area contributed by atoms with Crippen molar-refractivity contribution >= 4 is 23.1 Å². The van der Waals surface area contributed by atoms with E-state index >= 15 is 0 Å². The van der Waals surface area contributed by atoms with E-state index < -0.39 is 0 Å². The van der Waals surface area contributed by atoms with E-state index in [1.54, 1.807) is 6.20 Å². The lowest BCUT2D eigenvalue weighted by Gasteiger charge is -2.23. The second kappa shape index (κ2) is 3.52. The second-order valence-electron chi connectivity index (χ2n) is 4.08. The highest BCUT2D eigenvalue weighted by atomic mass is 35.5. The molecule has 15 heavy (non-hydrogen) atoms. The highest BCUT2D eigenvalue weighted by molar-refractivity contribution is 6.28. The maximum Gasteiger partial charge on any atom is 0.224 e. The van der Waals surface area contributed by atoms with Crippen LogP contribution in [0.25, 0.3) is 0 Å². The van der Waals surface area contributed by atoms with Crippen LogP contribution < -0.4 is 10.2 Å². The summed E-state index contributed by atoms with van der Waals surface area (Å²) in [6.07, 6.45) is 5.48. The third-order valence-electron chi connectivity index (χ3n) is 3.18. The predicted octanol–water partition coefficient (Wildman–Crippen LogP) is 1.91. The van der Waals surface area contributed by atoms with Crippen LogP contribution in [0.15, 0.2) is 6.20 Å². The molecular weight excluding hydrogens is 212 g/mol. The molecule has 3 heterocycles. The largest absolute Gasteiger partial charge is 0.381 e. The SMILES string of the molecule is Clc1ncc2c(n1)N1CCC[C@@H]1CCN2. The molecule has 0 bridgehead atoms. The lowest BCUT2D eigenvalue weighted by molar-refractivity contribution is 0.634. The van der Waals surface area contributed by atoms with Crippen molar-refractivity contribution in [1.29, 1.82) is 0 Å². The first-order valence-corrected chi connectivity index (χ1v) is 5.75. The summed E-state index contributed by atoms with van der Waals surface area (Å²) in [4.78, 5) is 10.7. The molecule has 0 amide bonds. The molecule has 1 fully saturated rings. The van der Waals surface area contributed by atoms with E-state index in [9.17, 15) is 0 Å². The zero-order valence-electron chi connectivity index (χ0n) is 8.41. The molecule has 1 aromatic rings. The highest BCUT2D eigenvalue weighted by Crippen LogP contribution is 2.34. The number of rotatable bonds is 0. The molecule has 1 saturated heterocycles. The van der Waals surface area contributed by atoms with Crippen molar-refractivity contribution in [3.63, 3.8) is 0 Å². The van der Waals surface area contributed by atoms with Gasteiger partial charge in [-0.05, 0) is 30.9 Å². The quantitative estimate of drug-likeness (QED) is 0.684. The Balaban J connectivity index is 2.06. The predicted molar refractivity (Wildman–Crippen MR) is 60.5 cm³/mol. The zero-order chi connectivity index (χ0) is 10.3. The molecular formula is C10H13ClN4. The van der Waals surface area contributed by atoms with Gasteiger partial charge >= 0.3 is 0 Å². The van der Waals surface area contributed by atoms with Crippen LogP contribution in [0.2, 0.25) is 5.28 Å². The summed E-state index contributed by atoms with van der Waals surface area (Å²) in [5.74, 6) is 0.981. The van der Waals surface area contributed by atoms with E-state index in [0.29, 0.717) is 11.3 Å². The maximum absolute atomic E-state index is 5.84. The van der Waals surface area contributed by atoms with Crippen LogP contribution in [-0.2, 0) is 0 Å².